The van der Waals surface area contributed by atoms with Crippen LogP contribution in [0.25, 0.3) is 5.69 Å². The van der Waals surface area contributed by atoms with Gasteiger partial charge in [-0.05, 0) is 36.4 Å². The molecule has 26 heavy (non-hydrogen) atoms. The Kier molecular flexibility index (Phi) is 6.22. The van der Waals surface area contributed by atoms with Crippen molar-refractivity contribution in [2.75, 3.05) is 18.8 Å². The predicted molar refractivity (Wildman–Crippen MR) is 105 cm³/mol. The standard InChI is InChI=1S/C20H20N4OS/c1-2-12-23(13-14-26-19-6-4-3-5-7-19)20(25)17-8-10-18(11-9-17)24-15-21-22-16-24/h2-11,15-16H,1,12-14H2. The Morgan fingerprint density at radius 2 is 1.77 bits per heavy atom. The van der Waals surface area contributed by atoms with Crippen molar-refractivity contribution in [2.24, 2.45) is 0 Å². The molecule has 0 aliphatic heterocycles. The van der Waals surface area contributed by atoms with Crippen molar-refractivity contribution in [3.05, 3.63) is 85.5 Å². The Morgan fingerprint density at radius 3 is 2.42 bits per heavy atom. The molecule has 0 spiro atoms. The van der Waals surface area contributed by atoms with Crippen LogP contribution in [0.3, 0.4) is 0 Å². The molecule has 3 rings (SSSR count). The summed E-state index contributed by atoms with van der Waals surface area (Å²) >= 11 is 1.74. The number of hydrogen-bond donors (Lipinski definition) is 0. The fourth-order valence-electron chi connectivity index (χ4n) is 2.51. The molecule has 5 nitrogen and oxygen atoms in total. The summed E-state index contributed by atoms with van der Waals surface area (Å²) in [4.78, 5) is 15.8. The minimum atomic E-state index is 0.00821. The van der Waals surface area contributed by atoms with E-state index >= 15 is 0 Å². The number of thioether (sulfide) groups is 1. The number of aromatic nitrogens is 3. The van der Waals surface area contributed by atoms with Gasteiger partial charge in [0.1, 0.15) is 12.7 Å². The van der Waals surface area contributed by atoms with Gasteiger partial charge in [-0.3, -0.25) is 9.36 Å². The first-order chi connectivity index (χ1) is 12.8. The molecule has 132 valence electrons. The van der Waals surface area contributed by atoms with Crippen LogP contribution in [0.4, 0.5) is 0 Å². The van der Waals surface area contributed by atoms with E-state index in [0.29, 0.717) is 18.7 Å². The van der Waals surface area contributed by atoms with Crippen molar-refractivity contribution in [2.45, 2.75) is 4.90 Å². The van der Waals surface area contributed by atoms with E-state index in [-0.39, 0.29) is 5.91 Å². The molecule has 0 N–H and O–H groups in total. The van der Waals surface area contributed by atoms with Crippen molar-refractivity contribution in [3.8, 4) is 5.69 Å². The first kappa shape index (κ1) is 17.9. The van der Waals surface area contributed by atoms with Gasteiger partial charge in [-0.2, -0.15) is 0 Å². The number of rotatable bonds is 8. The molecule has 0 saturated heterocycles. The van der Waals surface area contributed by atoms with E-state index < -0.39 is 0 Å². The van der Waals surface area contributed by atoms with Gasteiger partial charge in [0.15, 0.2) is 0 Å². The molecular formula is C20H20N4OS. The Labute approximate surface area is 157 Å². The van der Waals surface area contributed by atoms with Gasteiger partial charge in [-0.15, -0.1) is 28.5 Å². The molecule has 0 aliphatic carbocycles. The van der Waals surface area contributed by atoms with Crippen LogP contribution >= 0.6 is 11.8 Å². The SMILES string of the molecule is C=CCN(CCSc1ccccc1)C(=O)c1ccc(-n2cnnc2)cc1. The third kappa shape index (κ3) is 4.61. The van der Waals surface area contributed by atoms with Crippen molar-refractivity contribution < 1.29 is 4.79 Å². The van der Waals surface area contributed by atoms with Crippen LogP contribution in [0.5, 0.6) is 0 Å². The normalized spacial score (nSPS) is 10.5. The molecular weight excluding hydrogens is 344 g/mol. The lowest BCUT2D eigenvalue weighted by atomic mass is 10.1. The minimum absolute atomic E-state index is 0.00821. The Morgan fingerprint density at radius 1 is 1.08 bits per heavy atom. The molecule has 1 amide bonds. The monoisotopic (exact) mass is 364 g/mol. The maximum absolute atomic E-state index is 12.8. The number of carbonyl (C=O) groups is 1. The fourth-order valence-corrected chi connectivity index (χ4v) is 3.41. The van der Waals surface area contributed by atoms with E-state index in [0.717, 1.165) is 11.4 Å². The van der Waals surface area contributed by atoms with Crippen LogP contribution in [0, 0.1) is 0 Å². The van der Waals surface area contributed by atoms with Crippen LogP contribution in [-0.2, 0) is 0 Å². The van der Waals surface area contributed by atoms with Crippen molar-refractivity contribution in [3.63, 3.8) is 0 Å². The molecule has 0 fully saturated rings. The zero-order valence-electron chi connectivity index (χ0n) is 14.4. The molecule has 0 bridgehead atoms. The smallest absolute Gasteiger partial charge is 0.254 e. The van der Waals surface area contributed by atoms with E-state index in [9.17, 15) is 4.79 Å². The Bertz CT molecular complexity index is 832. The van der Waals surface area contributed by atoms with Crippen molar-refractivity contribution >= 4 is 17.7 Å². The lowest BCUT2D eigenvalue weighted by Gasteiger charge is -2.21. The third-order valence-electron chi connectivity index (χ3n) is 3.84. The second-order valence-corrected chi connectivity index (χ2v) is 6.79. The summed E-state index contributed by atoms with van der Waals surface area (Å²) in [5, 5.41) is 7.58. The number of benzene rings is 2. The van der Waals surface area contributed by atoms with E-state index in [2.05, 4.69) is 28.9 Å². The third-order valence-corrected chi connectivity index (χ3v) is 4.83. The van der Waals surface area contributed by atoms with E-state index in [4.69, 9.17) is 0 Å². The first-order valence-electron chi connectivity index (χ1n) is 8.31. The van der Waals surface area contributed by atoms with Crippen LogP contribution in [-0.4, -0.2) is 44.4 Å². The summed E-state index contributed by atoms with van der Waals surface area (Å²) in [5.74, 6) is 0.844. The van der Waals surface area contributed by atoms with E-state index in [1.54, 1.807) is 35.1 Å². The van der Waals surface area contributed by atoms with Gasteiger partial charge in [0, 0.05) is 35.0 Å². The highest BCUT2D eigenvalue weighted by atomic mass is 32.2. The predicted octanol–water partition coefficient (Wildman–Crippen LogP) is 3.69. The lowest BCUT2D eigenvalue weighted by Crippen LogP contribution is -2.33. The maximum atomic E-state index is 12.8. The highest BCUT2D eigenvalue weighted by Gasteiger charge is 2.14. The molecule has 0 aliphatic rings. The number of nitrogens with zero attached hydrogens (tertiary/aromatic N) is 4. The summed E-state index contributed by atoms with van der Waals surface area (Å²) in [6, 6.07) is 17.6. The van der Waals surface area contributed by atoms with Crippen LogP contribution in [0.2, 0.25) is 0 Å². The van der Waals surface area contributed by atoms with Crippen molar-refractivity contribution in [1.82, 2.24) is 19.7 Å². The topological polar surface area (TPSA) is 51.0 Å². The maximum Gasteiger partial charge on any atom is 0.254 e. The average Bonchev–Trinajstić information content (AvgIpc) is 3.23. The van der Waals surface area contributed by atoms with Gasteiger partial charge in [0.2, 0.25) is 0 Å². The molecule has 2 aromatic carbocycles. The molecule has 6 heteroatoms. The zero-order chi connectivity index (χ0) is 18.2. The Hall–Kier alpha value is -2.86. The molecule has 0 radical (unpaired) electrons. The average molecular weight is 364 g/mol. The van der Waals surface area contributed by atoms with Gasteiger partial charge in [0.25, 0.3) is 5.91 Å². The van der Waals surface area contributed by atoms with Crippen LogP contribution < -0.4 is 0 Å². The minimum Gasteiger partial charge on any atom is -0.334 e. The van der Waals surface area contributed by atoms with Gasteiger partial charge < -0.3 is 4.90 Å². The quantitative estimate of drug-likeness (QED) is 0.452. The zero-order valence-corrected chi connectivity index (χ0v) is 15.2. The largest absolute Gasteiger partial charge is 0.334 e. The van der Waals surface area contributed by atoms with E-state index in [1.807, 2.05) is 47.4 Å². The van der Waals surface area contributed by atoms with Crippen LogP contribution in [0.15, 0.2) is 84.8 Å². The van der Waals surface area contributed by atoms with Gasteiger partial charge in [-0.25, -0.2) is 0 Å². The molecule has 1 heterocycles. The Balaban J connectivity index is 1.63. The fraction of sp³-hybridized carbons (Fsp3) is 0.150. The number of carbonyl (C=O) groups excluding carboxylic acids is 1. The first-order valence-corrected chi connectivity index (χ1v) is 9.29. The van der Waals surface area contributed by atoms with Crippen molar-refractivity contribution in [1.29, 1.82) is 0 Å². The summed E-state index contributed by atoms with van der Waals surface area (Å²) in [7, 11) is 0. The molecule has 1 aromatic heterocycles. The molecule has 3 aromatic rings. The van der Waals surface area contributed by atoms with Gasteiger partial charge in [-0.1, -0.05) is 24.3 Å². The highest BCUT2D eigenvalue weighted by molar-refractivity contribution is 7.99. The van der Waals surface area contributed by atoms with Gasteiger partial charge >= 0.3 is 0 Å². The molecule has 0 atom stereocenters. The number of hydrogen-bond acceptors (Lipinski definition) is 4. The lowest BCUT2D eigenvalue weighted by molar-refractivity contribution is 0.0783. The number of amides is 1. The second kappa shape index (κ2) is 9.01. The van der Waals surface area contributed by atoms with Gasteiger partial charge in [0.05, 0.1) is 0 Å². The summed E-state index contributed by atoms with van der Waals surface area (Å²) in [6.07, 6.45) is 5.01. The van der Waals surface area contributed by atoms with E-state index in [1.165, 1.54) is 4.90 Å². The summed E-state index contributed by atoms with van der Waals surface area (Å²) < 4.78 is 1.80. The molecule has 0 unspecified atom stereocenters. The summed E-state index contributed by atoms with van der Waals surface area (Å²) in [6.45, 7) is 4.97. The molecule has 0 saturated carbocycles. The van der Waals surface area contributed by atoms with Crippen LogP contribution in [0.1, 0.15) is 10.4 Å². The highest BCUT2D eigenvalue weighted by Crippen LogP contribution is 2.18. The second-order valence-electron chi connectivity index (χ2n) is 5.62. The summed E-state index contributed by atoms with van der Waals surface area (Å²) in [5.41, 5.74) is 1.58.